The number of aliphatic hydroxyl groups is 1. The smallest absolute Gasteiger partial charge is 0.206 e. The van der Waals surface area contributed by atoms with Crippen LogP contribution in [0.4, 0.5) is 0 Å². The minimum atomic E-state index is -0.225. The molecular formula is C15H11NO3S. The van der Waals surface area contributed by atoms with E-state index in [2.05, 4.69) is 4.98 Å². The lowest BCUT2D eigenvalue weighted by molar-refractivity contribution is 0.104. The van der Waals surface area contributed by atoms with E-state index in [1.54, 1.807) is 36.4 Å². The first kappa shape index (κ1) is 12.8. The van der Waals surface area contributed by atoms with Gasteiger partial charge in [-0.1, -0.05) is 30.3 Å². The van der Waals surface area contributed by atoms with Crippen molar-refractivity contribution in [3.8, 4) is 5.75 Å². The monoisotopic (exact) mass is 285 g/mol. The average molecular weight is 285 g/mol. The Balaban J connectivity index is 2.12. The van der Waals surface area contributed by atoms with Gasteiger partial charge in [0.1, 0.15) is 15.5 Å². The molecule has 0 atom stereocenters. The van der Waals surface area contributed by atoms with Crippen molar-refractivity contribution in [1.82, 2.24) is 4.98 Å². The first-order valence-electron chi connectivity index (χ1n) is 6.02. The van der Waals surface area contributed by atoms with Crippen LogP contribution in [0.15, 0.2) is 42.5 Å². The first-order chi connectivity index (χ1) is 9.70. The number of benzene rings is 1. The molecule has 2 heterocycles. The van der Waals surface area contributed by atoms with Gasteiger partial charge in [0.2, 0.25) is 5.78 Å². The highest BCUT2D eigenvalue weighted by atomic mass is 32.1. The highest BCUT2D eigenvalue weighted by Gasteiger charge is 2.20. The zero-order valence-corrected chi connectivity index (χ0v) is 11.2. The molecule has 0 spiro atoms. The average Bonchev–Trinajstić information content (AvgIpc) is 2.84. The summed E-state index contributed by atoms with van der Waals surface area (Å²) in [6.07, 6.45) is 0. The number of aromatic nitrogens is 1. The molecule has 4 nitrogen and oxygen atoms in total. The number of hydrogen-bond donors (Lipinski definition) is 2. The molecule has 2 aromatic heterocycles. The van der Waals surface area contributed by atoms with Crippen LogP contribution in [0.5, 0.6) is 5.75 Å². The lowest BCUT2D eigenvalue weighted by Crippen LogP contribution is -1.97. The van der Waals surface area contributed by atoms with E-state index in [4.69, 9.17) is 5.11 Å². The number of ketones is 1. The van der Waals surface area contributed by atoms with Gasteiger partial charge in [0.05, 0.1) is 17.7 Å². The largest absolute Gasteiger partial charge is 0.506 e. The molecule has 0 aliphatic heterocycles. The van der Waals surface area contributed by atoms with E-state index in [1.165, 1.54) is 0 Å². The Labute approximate surface area is 119 Å². The van der Waals surface area contributed by atoms with Crippen LogP contribution >= 0.6 is 11.3 Å². The second-order valence-corrected chi connectivity index (χ2v) is 5.29. The molecule has 0 aliphatic carbocycles. The maximum Gasteiger partial charge on any atom is 0.206 e. The Morgan fingerprint density at radius 3 is 2.60 bits per heavy atom. The molecule has 0 amide bonds. The van der Waals surface area contributed by atoms with Gasteiger partial charge in [-0.3, -0.25) is 4.79 Å². The van der Waals surface area contributed by atoms with E-state index >= 15 is 0 Å². The van der Waals surface area contributed by atoms with Crippen LogP contribution in [0.25, 0.3) is 10.2 Å². The molecule has 20 heavy (non-hydrogen) atoms. The highest BCUT2D eigenvalue weighted by molar-refractivity contribution is 7.21. The van der Waals surface area contributed by atoms with Crippen molar-refractivity contribution in [2.24, 2.45) is 0 Å². The molecule has 0 saturated carbocycles. The third-order valence-corrected chi connectivity index (χ3v) is 4.08. The second kappa shape index (κ2) is 5.03. The fourth-order valence-corrected chi connectivity index (χ4v) is 3.01. The first-order valence-corrected chi connectivity index (χ1v) is 6.84. The van der Waals surface area contributed by atoms with Crippen molar-refractivity contribution < 1.29 is 15.0 Å². The molecular weight excluding hydrogens is 274 g/mol. The summed E-state index contributed by atoms with van der Waals surface area (Å²) in [6.45, 7) is -0.170. The summed E-state index contributed by atoms with van der Waals surface area (Å²) in [7, 11) is 0. The van der Waals surface area contributed by atoms with Gasteiger partial charge in [-0.2, -0.15) is 0 Å². The quantitative estimate of drug-likeness (QED) is 0.726. The summed E-state index contributed by atoms with van der Waals surface area (Å²) in [5, 5.41) is 19.8. The summed E-state index contributed by atoms with van der Waals surface area (Å²) < 4.78 is 0. The van der Waals surface area contributed by atoms with E-state index in [0.717, 1.165) is 11.3 Å². The summed E-state index contributed by atoms with van der Waals surface area (Å²) in [4.78, 5) is 17.4. The van der Waals surface area contributed by atoms with Gasteiger partial charge in [-0.25, -0.2) is 4.98 Å². The van der Waals surface area contributed by atoms with Crippen molar-refractivity contribution in [3.63, 3.8) is 0 Å². The number of aliphatic hydroxyl groups excluding tert-OH is 1. The molecule has 3 rings (SSSR count). The van der Waals surface area contributed by atoms with Gasteiger partial charge < -0.3 is 10.2 Å². The number of carbonyl (C=O) groups excluding carboxylic acids is 1. The third-order valence-electron chi connectivity index (χ3n) is 2.99. The molecule has 0 fully saturated rings. The minimum Gasteiger partial charge on any atom is -0.506 e. The number of fused-ring (bicyclic) bond motifs is 1. The highest BCUT2D eigenvalue weighted by Crippen LogP contribution is 2.37. The molecule has 5 heteroatoms. The van der Waals surface area contributed by atoms with Crippen LogP contribution in [-0.2, 0) is 6.61 Å². The SMILES string of the molecule is O=C(c1ccccc1)c1sc2nc(CO)ccc2c1O. The zero-order chi connectivity index (χ0) is 14.1. The van der Waals surface area contributed by atoms with E-state index in [-0.39, 0.29) is 23.0 Å². The number of carbonyl (C=O) groups is 1. The standard InChI is InChI=1S/C15H11NO3S/c17-8-10-6-7-11-13(19)14(20-15(11)16-10)12(18)9-4-2-1-3-5-9/h1-7,17,19H,8H2. The second-order valence-electron chi connectivity index (χ2n) is 4.29. The van der Waals surface area contributed by atoms with Crippen LogP contribution in [0.2, 0.25) is 0 Å². The topological polar surface area (TPSA) is 70.4 Å². The molecule has 2 N–H and O–H groups in total. The van der Waals surface area contributed by atoms with Crippen molar-refractivity contribution >= 4 is 27.3 Å². The van der Waals surface area contributed by atoms with E-state index < -0.39 is 0 Å². The van der Waals surface area contributed by atoms with Crippen LogP contribution in [0.3, 0.4) is 0 Å². The lowest BCUT2D eigenvalue weighted by Gasteiger charge is -1.98. The van der Waals surface area contributed by atoms with Crippen molar-refractivity contribution in [2.45, 2.75) is 6.61 Å². The maximum absolute atomic E-state index is 12.4. The molecule has 0 aliphatic rings. The lowest BCUT2D eigenvalue weighted by atomic mass is 10.1. The van der Waals surface area contributed by atoms with Crippen LogP contribution in [0, 0.1) is 0 Å². The Hall–Kier alpha value is -2.24. The normalized spacial score (nSPS) is 10.8. The zero-order valence-electron chi connectivity index (χ0n) is 10.4. The van der Waals surface area contributed by atoms with Crippen molar-refractivity contribution in [1.29, 1.82) is 0 Å². The molecule has 1 aromatic carbocycles. The Morgan fingerprint density at radius 2 is 1.90 bits per heavy atom. The third kappa shape index (κ3) is 2.07. The van der Waals surface area contributed by atoms with Crippen LogP contribution < -0.4 is 0 Å². The van der Waals surface area contributed by atoms with E-state index in [1.807, 2.05) is 6.07 Å². The molecule has 0 bridgehead atoms. The van der Waals surface area contributed by atoms with Gasteiger partial charge in [-0.05, 0) is 12.1 Å². The molecule has 0 unspecified atom stereocenters. The number of thiophene rings is 1. The number of pyridine rings is 1. The van der Waals surface area contributed by atoms with Crippen LogP contribution in [-0.4, -0.2) is 21.0 Å². The van der Waals surface area contributed by atoms with Crippen molar-refractivity contribution in [3.05, 3.63) is 58.6 Å². The van der Waals surface area contributed by atoms with Gasteiger partial charge in [0.15, 0.2) is 0 Å². The molecule has 0 saturated heterocycles. The molecule has 3 aromatic rings. The maximum atomic E-state index is 12.4. The van der Waals surface area contributed by atoms with E-state index in [9.17, 15) is 9.90 Å². The van der Waals surface area contributed by atoms with Crippen LogP contribution in [0.1, 0.15) is 20.9 Å². The number of nitrogens with zero attached hydrogens (tertiary/aromatic N) is 1. The summed E-state index contributed by atoms with van der Waals surface area (Å²) >= 11 is 1.13. The van der Waals surface area contributed by atoms with Gasteiger partial charge in [0.25, 0.3) is 0 Å². The molecule has 100 valence electrons. The summed E-state index contributed by atoms with van der Waals surface area (Å²) in [5.41, 5.74) is 1.04. The Kier molecular flexibility index (Phi) is 3.22. The number of rotatable bonds is 3. The minimum absolute atomic E-state index is 0.0455. The van der Waals surface area contributed by atoms with E-state index in [0.29, 0.717) is 21.5 Å². The molecule has 0 radical (unpaired) electrons. The van der Waals surface area contributed by atoms with Crippen molar-refractivity contribution in [2.75, 3.05) is 0 Å². The summed E-state index contributed by atoms with van der Waals surface area (Å²) in [6, 6.07) is 12.1. The predicted molar refractivity (Wildman–Crippen MR) is 77.1 cm³/mol. The Bertz CT molecular complexity index is 780. The predicted octanol–water partition coefficient (Wildman–Crippen LogP) is 2.73. The van der Waals surface area contributed by atoms with Gasteiger partial charge in [0, 0.05) is 5.56 Å². The number of hydrogen-bond acceptors (Lipinski definition) is 5. The fraction of sp³-hybridized carbons (Fsp3) is 0.0667. The fourth-order valence-electron chi connectivity index (χ4n) is 1.97. The number of aromatic hydroxyl groups is 1. The summed E-state index contributed by atoms with van der Waals surface area (Å²) in [5.74, 6) is -0.271. The van der Waals surface area contributed by atoms with Gasteiger partial charge >= 0.3 is 0 Å². The van der Waals surface area contributed by atoms with Gasteiger partial charge in [-0.15, -0.1) is 11.3 Å². The Morgan fingerprint density at radius 1 is 1.15 bits per heavy atom.